The zero-order valence-corrected chi connectivity index (χ0v) is 22.8. The van der Waals surface area contributed by atoms with Crippen molar-refractivity contribution in [1.29, 1.82) is 5.41 Å². The van der Waals surface area contributed by atoms with Gasteiger partial charge in [-0.15, -0.1) is 11.3 Å². The van der Waals surface area contributed by atoms with Crippen LogP contribution in [0.1, 0.15) is 40.2 Å². The number of amidine groups is 1. The Labute approximate surface area is 236 Å². The highest BCUT2D eigenvalue weighted by molar-refractivity contribution is 7.10. The van der Waals surface area contributed by atoms with Crippen LogP contribution in [0.2, 0.25) is 0 Å². The van der Waals surface area contributed by atoms with Crippen molar-refractivity contribution in [3.8, 4) is 11.1 Å². The number of nitrogens with two attached hydrogens (primary N) is 1. The Hall–Kier alpha value is -4.06. The summed E-state index contributed by atoms with van der Waals surface area (Å²) in [5, 5.41) is 15.0. The fourth-order valence-corrected chi connectivity index (χ4v) is 5.86. The number of nitrogens with one attached hydrogen (secondary N) is 3. The summed E-state index contributed by atoms with van der Waals surface area (Å²) in [6, 6.07) is 17.6. The van der Waals surface area contributed by atoms with Gasteiger partial charge in [-0.2, -0.15) is 0 Å². The van der Waals surface area contributed by atoms with Crippen LogP contribution < -0.4 is 16.4 Å². The number of nitrogen functional groups attached to an aromatic ring is 1. The lowest BCUT2D eigenvalue weighted by molar-refractivity contribution is -0.152. The van der Waals surface area contributed by atoms with Crippen molar-refractivity contribution in [1.82, 2.24) is 15.5 Å². The molecule has 2 saturated heterocycles. The van der Waals surface area contributed by atoms with Gasteiger partial charge in [0.2, 0.25) is 11.8 Å². The van der Waals surface area contributed by atoms with Crippen molar-refractivity contribution in [3.05, 3.63) is 82.0 Å². The van der Waals surface area contributed by atoms with Crippen LogP contribution in [0.15, 0.2) is 66.0 Å². The molecule has 3 aromatic rings. The molecule has 2 aliphatic rings. The Balaban J connectivity index is 1.23. The topological polar surface area (TPSA) is 147 Å². The van der Waals surface area contributed by atoms with Crippen molar-refractivity contribution in [2.45, 2.75) is 31.2 Å². The molecule has 0 aliphatic carbocycles. The van der Waals surface area contributed by atoms with Crippen molar-refractivity contribution >= 4 is 34.9 Å². The summed E-state index contributed by atoms with van der Waals surface area (Å²) in [5.74, 6) is -2.22. The molecular formula is C29H31N5O5S. The number of hydrogen-bond donors (Lipinski definition) is 4. The number of hydrogen-bond acceptors (Lipinski definition) is 7. The lowest BCUT2D eigenvalue weighted by Crippen LogP contribution is -2.49. The summed E-state index contributed by atoms with van der Waals surface area (Å²) in [7, 11) is 0. The summed E-state index contributed by atoms with van der Waals surface area (Å²) in [5.41, 5.74) is 8.61. The molecule has 1 aromatic heterocycles. The third-order valence-electron chi connectivity index (χ3n) is 7.10. The Morgan fingerprint density at radius 2 is 1.75 bits per heavy atom. The fraction of sp³-hybridized carbons (Fsp3) is 0.310. The molecule has 0 saturated carbocycles. The number of likely N-dealkylation sites (tertiary alicyclic amines) is 1. The molecule has 1 unspecified atom stereocenters. The smallest absolute Gasteiger partial charge is 0.251 e. The molecule has 2 aromatic carbocycles. The molecule has 2 fully saturated rings. The molecule has 2 aliphatic heterocycles. The van der Waals surface area contributed by atoms with Gasteiger partial charge in [-0.05, 0) is 36.2 Å². The third kappa shape index (κ3) is 5.91. The zero-order valence-electron chi connectivity index (χ0n) is 22.0. The Kier molecular flexibility index (Phi) is 7.97. The van der Waals surface area contributed by atoms with Gasteiger partial charge < -0.3 is 30.7 Å². The number of carbonyl (C=O) groups excluding carboxylic acids is 3. The van der Waals surface area contributed by atoms with Gasteiger partial charge >= 0.3 is 0 Å². The molecule has 0 bridgehead atoms. The van der Waals surface area contributed by atoms with Crippen LogP contribution in [0.25, 0.3) is 11.1 Å². The first-order valence-corrected chi connectivity index (χ1v) is 13.9. The predicted octanol–water partition coefficient (Wildman–Crippen LogP) is 2.65. The molecule has 208 valence electrons. The maximum Gasteiger partial charge on any atom is 0.251 e. The molecule has 5 rings (SSSR count). The Morgan fingerprint density at radius 1 is 1.07 bits per heavy atom. The molecule has 5 N–H and O–H groups in total. The summed E-state index contributed by atoms with van der Waals surface area (Å²) in [6.45, 7) is 2.41. The van der Waals surface area contributed by atoms with Gasteiger partial charge in [0.1, 0.15) is 11.9 Å². The first-order chi connectivity index (χ1) is 19.2. The number of nitrogens with zero attached hydrogens (tertiary/aromatic N) is 1. The average molecular weight is 562 g/mol. The van der Waals surface area contributed by atoms with E-state index >= 15 is 0 Å². The number of benzene rings is 2. The second-order valence-electron chi connectivity index (χ2n) is 9.86. The first-order valence-electron chi connectivity index (χ1n) is 13.0. The van der Waals surface area contributed by atoms with E-state index in [2.05, 4.69) is 10.6 Å². The largest absolute Gasteiger partial charge is 0.384 e. The van der Waals surface area contributed by atoms with Gasteiger partial charge in [0.25, 0.3) is 5.91 Å². The quantitative estimate of drug-likeness (QED) is 0.246. The second-order valence-corrected chi connectivity index (χ2v) is 10.8. The average Bonchev–Trinajstić information content (AvgIpc) is 3.73. The SMILES string of the molecule is CC(NC(=O)[C@@H]1CC2(CN1C(=O)CNC(=O)c1ccc(-c3ccccc3)cc1)OCCO2)c1cc(C(=N)N)cs1. The standard InChI is InChI=1S/C29H31N5O5S/c1-18(24-13-22(16-40-24)26(30)31)33-28(37)23-14-29(38-11-12-39-29)17-34(23)25(35)15-32-27(36)21-9-7-20(8-10-21)19-5-3-2-4-6-19/h2-10,13,16,18,23H,11-12,14-15,17H2,1H3,(H3,30,31)(H,32,36)(H,33,37)/t18?,23-/m0/s1. The summed E-state index contributed by atoms with van der Waals surface area (Å²) in [4.78, 5) is 41.7. The van der Waals surface area contributed by atoms with Crippen LogP contribution in [-0.2, 0) is 19.1 Å². The van der Waals surface area contributed by atoms with E-state index in [-0.39, 0.29) is 43.2 Å². The minimum atomic E-state index is -1.04. The van der Waals surface area contributed by atoms with Crippen molar-refractivity contribution in [2.75, 3.05) is 26.3 Å². The van der Waals surface area contributed by atoms with E-state index < -0.39 is 17.7 Å². The molecule has 3 heterocycles. The van der Waals surface area contributed by atoms with E-state index in [0.29, 0.717) is 24.3 Å². The molecular weight excluding hydrogens is 530 g/mol. The van der Waals surface area contributed by atoms with Gasteiger partial charge in [0.05, 0.1) is 32.3 Å². The molecule has 0 radical (unpaired) electrons. The highest BCUT2D eigenvalue weighted by Gasteiger charge is 2.52. The van der Waals surface area contributed by atoms with E-state index in [1.807, 2.05) is 49.4 Å². The number of ether oxygens (including phenoxy) is 2. The molecule has 1 spiro atoms. The van der Waals surface area contributed by atoms with Crippen LogP contribution in [-0.4, -0.2) is 66.6 Å². The van der Waals surface area contributed by atoms with Gasteiger partial charge in [-0.1, -0.05) is 42.5 Å². The molecule has 2 atom stereocenters. The third-order valence-corrected chi connectivity index (χ3v) is 8.21. The van der Waals surface area contributed by atoms with Crippen LogP contribution >= 0.6 is 11.3 Å². The maximum atomic E-state index is 13.4. The summed E-state index contributed by atoms with van der Waals surface area (Å²) < 4.78 is 11.6. The van der Waals surface area contributed by atoms with Gasteiger partial charge in [-0.25, -0.2) is 0 Å². The van der Waals surface area contributed by atoms with Crippen LogP contribution in [0.4, 0.5) is 0 Å². The predicted molar refractivity (Wildman–Crippen MR) is 151 cm³/mol. The van der Waals surface area contributed by atoms with E-state index in [9.17, 15) is 14.4 Å². The number of amides is 3. The summed E-state index contributed by atoms with van der Waals surface area (Å²) >= 11 is 1.39. The van der Waals surface area contributed by atoms with E-state index in [4.69, 9.17) is 20.6 Å². The van der Waals surface area contributed by atoms with Gasteiger partial charge in [0, 0.05) is 27.8 Å². The Morgan fingerprint density at radius 3 is 2.40 bits per heavy atom. The van der Waals surface area contributed by atoms with E-state index in [0.717, 1.165) is 16.0 Å². The van der Waals surface area contributed by atoms with Crippen LogP contribution in [0, 0.1) is 5.41 Å². The van der Waals surface area contributed by atoms with Gasteiger partial charge in [-0.3, -0.25) is 19.8 Å². The lowest BCUT2D eigenvalue weighted by Gasteiger charge is -2.25. The minimum absolute atomic E-state index is 0.0414. The van der Waals surface area contributed by atoms with Gasteiger partial charge in [0.15, 0.2) is 5.79 Å². The molecule has 11 heteroatoms. The first kappa shape index (κ1) is 27.5. The minimum Gasteiger partial charge on any atom is -0.384 e. The van der Waals surface area contributed by atoms with E-state index in [1.165, 1.54) is 16.2 Å². The van der Waals surface area contributed by atoms with Crippen molar-refractivity contribution in [3.63, 3.8) is 0 Å². The summed E-state index contributed by atoms with van der Waals surface area (Å²) in [6.07, 6.45) is 0.190. The molecule has 3 amide bonds. The van der Waals surface area contributed by atoms with Crippen LogP contribution in [0.5, 0.6) is 0 Å². The number of thiophene rings is 1. The maximum absolute atomic E-state index is 13.4. The molecule has 40 heavy (non-hydrogen) atoms. The van der Waals surface area contributed by atoms with Crippen molar-refractivity contribution in [2.24, 2.45) is 5.73 Å². The number of carbonyl (C=O) groups is 3. The highest BCUT2D eigenvalue weighted by atomic mass is 32.1. The van der Waals surface area contributed by atoms with Crippen molar-refractivity contribution < 1.29 is 23.9 Å². The molecule has 10 nitrogen and oxygen atoms in total. The second kappa shape index (κ2) is 11.6. The Bertz CT molecular complexity index is 1400. The van der Waals surface area contributed by atoms with E-state index in [1.54, 1.807) is 23.6 Å². The highest BCUT2D eigenvalue weighted by Crippen LogP contribution is 2.35. The monoisotopic (exact) mass is 561 g/mol. The zero-order chi connectivity index (χ0) is 28.3. The fourth-order valence-electron chi connectivity index (χ4n) is 4.95. The van der Waals surface area contributed by atoms with Crippen LogP contribution in [0.3, 0.4) is 0 Å². The normalized spacial score (nSPS) is 18.4. The lowest BCUT2D eigenvalue weighted by atomic mass is 10.0. The number of rotatable bonds is 8.